The SMILES string of the molecule is CC(=O)Nc1ccc(C(=O)O[C@@H](C(=O)NC2CC2)c2ccccc2)cc1. The summed E-state index contributed by atoms with van der Waals surface area (Å²) in [6, 6.07) is 15.4. The summed E-state index contributed by atoms with van der Waals surface area (Å²) in [7, 11) is 0. The summed E-state index contributed by atoms with van der Waals surface area (Å²) in [4.78, 5) is 36.0. The highest BCUT2D eigenvalue weighted by molar-refractivity contribution is 5.94. The normalized spacial score (nSPS) is 14.2. The van der Waals surface area contributed by atoms with Crippen LogP contribution in [0.15, 0.2) is 54.6 Å². The van der Waals surface area contributed by atoms with E-state index < -0.39 is 12.1 Å². The topological polar surface area (TPSA) is 84.5 Å². The molecule has 0 bridgehead atoms. The molecule has 26 heavy (non-hydrogen) atoms. The minimum absolute atomic E-state index is 0.171. The average Bonchev–Trinajstić information content (AvgIpc) is 3.44. The first-order valence-corrected chi connectivity index (χ1v) is 8.47. The van der Waals surface area contributed by atoms with Gasteiger partial charge < -0.3 is 15.4 Å². The third-order valence-electron chi connectivity index (χ3n) is 3.93. The van der Waals surface area contributed by atoms with Crippen LogP contribution in [0.2, 0.25) is 0 Å². The van der Waals surface area contributed by atoms with Gasteiger partial charge in [-0.3, -0.25) is 9.59 Å². The number of ether oxygens (including phenoxy) is 1. The van der Waals surface area contributed by atoms with E-state index in [1.54, 1.807) is 48.5 Å². The van der Waals surface area contributed by atoms with E-state index in [0.29, 0.717) is 16.8 Å². The molecule has 0 aromatic heterocycles. The van der Waals surface area contributed by atoms with Crippen LogP contribution in [0.5, 0.6) is 0 Å². The monoisotopic (exact) mass is 352 g/mol. The molecule has 0 unspecified atom stereocenters. The van der Waals surface area contributed by atoms with Gasteiger partial charge in [0.15, 0.2) is 0 Å². The van der Waals surface area contributed by atoms with Crippen LogP contribution in [-0.2, 0) is 14.3 Å². The third kappa shape index (κ3) is 4.69. The van der Waals surface area contributed by atoms with E-state index in [0.717, 1.165) is 12.8 Å². The fraction of sp³-hybridized carbons (Fsp3) is 0.250. The Morgan fingerprint density at radius 3 is 2.23 bits per heavy atom. The second-order valence-corrected chi connectivity index (χ2v) is 6.24. The molecule has 134 valence electrons. The Morgan fingerprint density at radius 2 is 1.65 bits per heavy atom. The van der Waals surface area contributed by atoms with Crippen LogP contribution < -0.4 is 10.6 Å². The molecule has 0 aliphatic heterocycles. The summed E-state index contributed by atoms with van der Waals surface area (Å²) in [5.74, 6) is -1.11. The first kappa shape index (κ1) is 17.7. The number of anilines is 1. The highest BCUT2D eigenvalue weighted by Crippen LogP contribution is 2.24. The standard InChI is InChI=1S/C20H20N2O4/c1-13(23)21-16-9-7-15(8-10-16)20(25)26-18(14-5-3-2-4-6-14)19(24)22-17-11-12-17/h2-10,17-18H,11-12H2,1H3,(H,21,23)(H,22,24)/t18-/m1/s1. The highest BCUT2D eigenvalue weighted by atomic mass is 16.5. The van der Waals surface area contributed by atoms with Gasteiger partial charge in [-0.25, -0.2) is 4.79 Å². The van der Waals surface area contributed by atoms with Crippen LogP contribution in [-0.4, -0.2) is 23.8 Å². The molecule has 3 rings (SSSR count). The molecule has 2 amide bonds. The van der Waals surface area contributed by atoms with E-state index in [9.17, 15) is 14.4 Å². The summed E-state index contributed by atoms with van der Waals surface area (Å²) in [6.07, 6.45) is 0.900. The average molecular weight is 352 g/mol. The Hall–Kier alpha value is -3.15. The first-order chi connectivity index (χ1) is 12.5. The Morgan fingerprint density at radius 1 is 1.00 bits per heavy atom. The van der Waals surface area contributed by atoms with Crippen LogP contribution >= 0.6 is 0 Å². The molecule has 0 spiro atoms. The molecule has 1 saturated carbocycles. The number of rotatable bonds is 6. The third-order valence-corrected chi connectivity index (χ3v) is 3.93. The molecule has 0 radical (unpaired) electrons. The molecule has 1 aliphatic rings. The summed E-state index contributed by atoms with van der Waals surface area (Å²) in [6.45, 7) is 1.41. The van der Waals surface area contributed by atoms with Gasteiger partial charge in [-0.2, -0.15) is 0 Å². The van der Waals surface area contributed by atoms with Crippen molar-refractivity contribution in [3.8, 4) is 0 Å². The van der Waals surface area contributed by atoms with E-state index in [4.69, 9.17) is 4.74 Å². The summed E-state index contributed by atoms with van der Waals surface area (Å²) >= 11 is 0. The lowest BCUT2D eigenvalue weighted by Crippen LogP contribution is -2.33. The Bertz CT molecular complexity index is 798. The highest BCUT2D eigenvalue weighted by Gasteiger charge is 2.31. The number of carbonyl (C=O) groups excluding carboxylic acids is 3. The lowest BCUT2D eigenvalue weighted by molar-refractivity contribution is -0.130. The van der Waals surface area contributed by atoms with E-state index >= 15 is 0 Å². The van der Waals surface area contributed by atoms with Crippen LogP contribution in [0, 0.1) is 0 Å². The number of hydrogen-bond acceptors (Lipinski definition) is 4. The maximum Gasteiger partial charge on any atom is 0.339 e. The van der Waals surface area contributed by atoms with Crippen LogP contribution in [0.3, 0.4) is 0 Å². The minimum atomic E-state index is -1.00. The largest absolute Gasteiger partial charge is 0.444 e. The maximum absolute atomic E-state index is 12.5. The molecular formula is C20H20N2O4. The van der Waals surface area contributed by atoms with Gasteiger partial charge in [0, 0.05) is 24.2 Å². The van der Waals surface area contributed by atoms with Crippen molar-refractivity contribution in [2.24, 2.45) is 0 Å². The molecule has 1 atom stereocenters. The maximum atomic E-state index is 12.5. The van der Waals surface area contributed by atoms with Crippen molar-refractivity contribution in [3.63, 3.8) is 0 Å². The molecule has 2 aromatic carbocycles. The van der Waals surface area contributed by atoms with Crippen LogP contribution in [0.25, 0.3) is 0 Å². The molecular weight excluding hydrogens is 332 g/mol. The summed E-state index contributed by atoms with van der Waals surface area (Å²) < 4.78 is 5.50. The van der Waals surface area contributed by atoms with Gasteiger partial charge in [0.05, 0.1) is 5.56 Å². The van der Waals surface area contributed by atoms with Gasteiger partial charge in [0.2, 0.25) is 12.0 Å². The van der Waals surface area contributed by atoms with Gasteiger partial charge in [0.25, 0.3) is 5.91 Å². The van der Waals surface area contributed by atoms with Crippen molar-refractivity contribution < 1.29 is 19.1 Å². The predicted molar refractivity (Wildman–Crippen MR) is 96.5 cm³/mol. The molecule has 0 saturated heterocycles. The van der Waals surface area contributed by atoms with E-state index in [2.05, 4.69) is 10.6 Å². The molecule has 1 aliphatic carbocycles. The first-order valence-electron chi connectivity index (χ1n) is 8.47. The second kappa shape index (κ2) is 7.82. The quantitative estimate of drug-likeness (QED) is 0.783. The summed E-state index contributed by atoms with van der Waals surface area (Å²) in [5.41, 5.74) is 1.51. The molecule has 2 N–H and O–H groups in total. The van der Waals surface area contributed by atoms with E-state index in [-0.39, 0.29) is 17.9 Å². The molecule has 6 heteroatoms. The van der Waals surface area contributed by atoms with Crippen molar-refractivity contribution in [1.82, 2.24) is 5.32 Å². The zero-order chi connectivity index (χ0) is 18.5. The van der Waals surface area contributed by atoms with Gasteiger partial charge in [0.1, 0.15) is 0 Å². The molecule has 6 nitrogen and oxygen atoms in total. The fourth-order valence-corrected chi connectivity index (χ4v) is 2.47. The van der Waals surface area contributed by atoms with Gasteiger partial charge in [-0.15, -0.1) is 0 Å². The van der Waals surface area contributed by atoms with Crippen molar-refractivity contribution in [1.29, 1.82) is 0 Å². The van der Waals surface area contributed by atoms with Crippen molar-refractivity contribution >= 4 is 23.5 Å². The van der Waals surface area contributed by atoms with Gasteiger partial charge in [-0.1, -0.05) is 30.3 Å². The Kier molecular flexibility index (Phi) is 5.31. The number of amides is 2. The van der Waals surface area contributed by atoms with Gasteiger partial charge in [-0.05, 0) is 37.1 Å². The molecule has 1 fully saturated rings. The number of nitrogens with one attached hydrogen (secondary N) is 2. The van der Waals surface area contributed by atoms with Gasteiger partial charge >= 0.3 is 5.97 Å². The van der Waals surface area contributed by atoms with Crippen molar-refractivity contribution in [2.75, 3.05) is 5.32 Å². The lowest BCUT2D eigenvalue weighted by atomic mass is 10.1. The molecule has 0 heterocycles. The second-order valence-electron chi connectivity index (χ2n) is 6.24. The van der Waals surface area contributed by atoms with E-state index in [1.165, 1.54) is 6.92 Å². The zero-order valence-electron chi connectivity index (χ0n) is 14.4. The van der Waals surface area contributed by atoms with E-state index in [1.807, 2.05) is 6.07 Å². The van der Waals surface area contributed by atoms with Crippen molar-refractivity contribution in [2.45, 2.75) is 31.9 Å². The Labute approximate surface area is 151 Å². The smallest absolute Gasteiger partial charge is 0.339 e. The number of esters is 1. The minimum Gasteiger partial charge on any atom is -0.444 e. The van der Waals surface area contributed by atoms with Crippen molar-refractivity contribution in [3.05, 3.63) is 65.7 Å². The van der Waals surface area contributed by atoms with Crippen LogP contribution in [0.1, 0.15) is 41.8 Å². The summed E-state index contributed by atoms with van der Waals surface area (Å²) in [5, 5.41) is 5.51. The van der Waals surface area contributed by atoms with Crippen LogP contribution in [0.4, 0.5) is 5.69 Å². The Balaban J connectivity index is 1.74. The predicted octanol–water partition coefficient (Wildman–Crippen LogP) is 2.82. The zero-order valence-corrected chi connectivity index (χ0v) is 14.4. The number of carbonyl (C=O) groups is 3. The molecule has 2 aromatic rings. The lowest BCUT2D eigenvalue weighted by Gasteiger charge is -2.18. The fourth-order valence-electron chi connectivity index (χ4n) is 2.47. The number of benzene rings is 2. The number of hydrogen-bond donors (Lipinski definition) is 2.